The van der Waals surface area contributed by atoms with Gasteiger partial charge in [-0.25, -0.2) is 4.79 Å². The van der Waals surface area contributed by atoms with Gasteiger partial charge in [-0.3, -0.25) is 9.78 Å². The van der Waals surface area contributed by atoms with Gasteiger partial charge in [0, 0.05) is 16.8 Å². The molecule has 6 nitrogen and oxygen atoms in total. The first-order valence-corrected chi connectivity index (χ1v) is 7.78. The number of nitrogens with two attached hydrogens (primary N) is 1. The van der Waals surface area contributed by atoms with Crippen LogP contribution in [0.4, 0.5) is 16.2 Å². The third kappa shape index (κ3) is 3.74. The average Bonchev–Trinajstić information content (AvgIpc) is 2.54. The Morgan fingerprint density at radius 3 is 2.40 bits per heavy atom. The number of pyridine rings is 1. The van der Waals surface area contributed by atoms with Crippen LogP contribution >= 0.6 is 0 Å². The Morgan fingerprint density at radius 1 is 0.960 bits per heavy atom. The summed E-state index contributed by atoms with van der Waals surface area (Å²) in [4.78, 5) is 28.1. The van der Waals surface area contributed by atoms with Crippen molar-refractivity contribution in [2.45, 2.75) is 13.8 Å². The molecule has 0 saturated carbocycles. The van der Waals surface area contributed by atoms with Crippen LogP contribution in [0.25, 0.3) is 10.9 Å². The highest BCUT2D eigenvalue weighted by Gasteiger charge is 2.12. The average molecular weight is 334 g/mol. The van der Waals surface area contributed by atoms with Crippen LogP contribution in [0.2, 0.25) is 0 Å². The van der Waals surface area contributed by atoms with Crippen molar-refractivity contribution in [1.82, 2.24) is 4.98 Å². The van der Waals surface area contributed by atoms with E-state index < -0.39 is 6.03 Å². The molecule has 3 aromatic rings. The second-order valence-corrected chi connectivity index (χ2v) is 5.84. The van der Waals surface area contributed by atoms with Crippen molar-refractivity contribution in [3.8, 4) is 0 Å². The van der Waals surface area contributed by atoms with E-state index in [2.05, 4.69) is 15.6 Å². The summed E-state index contributed by atoms with van der Waals surface area (Å²) in [6.45, 7) is 3.80. The number of benzene rings is 2. The molecule has 0 radical (unpaired) electrons. The molecule has 0 fully saturated rings. The van der Waals surface area contributed by atoms with Crippen LogP contribution in [0.3, 0.4) is 0 Å². The van der Waals surface area contributed by atoms with Crippen LogP contribution in [0.1, 0.15) is 21.6 Å². The zero-order chi connectivity index (χ0) is 18.0. The molecule has 4 N–H and O–H groups in total. The lowest BCUT2D eigenvalue weighted by atomic mass is 10.1. The summed E-state index contributed by atoms with van der Waals surface area (Å²) in [5.41, 5.74) is 9.29. The quantitative estimate of drug-likeness (QED) is 0.682. The first-order valence-electron chi connectivity index (χ1n) is 7.78. The molecule has 0 aliphatic rings. The molecule has 0 aliphatic heterocycles. The number of fused-ring (bicyclic) bond motifs is 1. The summed E-state index contributed by atoms with van der Waals surface area (Å²) in [6.07, 6.45) is 0. The van der Waals surface area contributed by atoms with Gasteiger partial charge in [0.1, 0.15) is 0 Å². The molecule has 126 valence electrons. The number of aromatic nitrogens is 1. The number of rotatable bonds is 3. The van der Waals surface area contributed by atoms with E-state index in [4.69, 9.17) is 5.73 Å². The van der Waals surface area contributed by atoms with Crippen LogP contribution in [0.15, 0.2) is 48.5 Å². The van der Waals surface area contributed by atoms with Gasteiger partial charge in [0.25, 0.3) is 5.91 Å². The van der Waals surface area contributed by atoms with E-state index in [0.29, 0.717) is 22.6 Å². The zero-order valence-electron chi connectivity index (χ0n) is 14.0. The third-order valence-electron chi connectivity index (χ3n) is 3.79. The largest absolute Gasteiger partial charge is 0.351 e. The number of amides is 3. The van der Waals surface area contributed by atoms with Gasteiger partial charge in [-0.15, -0.1) is 0 Å². The Hall–Kier alpha value is -3.41. The molecule has 3 rings (SSSR count). The first-order chi connectivity index (χ1) is 11.9. The summed E-state index contributed by atoms with van der Waals surface area (Å²) in [5, 5.41) is 6.21. The summed E-state index contributed by atoms with van der Waals surface area (Å²) in [6, 6.07) is 13.9. The van der Waals surface area contributed by atoms with E-state index in [0.717, 1.165) is 16.5 Å². The lowest BCUT2D eigenvalue weighted by molar-refractivity contribution is 0.102. The minimum absolute atomic E-state index is 0.260. The molecule has 0 bridgehead atoms. The number of hydrogen-bond donors (Lipinski definition) is 3. The molecule has 25 heavy (non-hydrogen) atoms. The smallest absolute Gasteiger partial charge is 0.316 e. The van der Waals surface area contributed by atoms with E-state index in [1.165, 1.54) is 0 Å². The number of nitrogens with one attached hydrogen (secondary N) is 2. The number of nitrogens with zero attached hydrogens (tertiary/aromatic N) is 1. The molecule has 2 aromatic carbocycles. The highest BCUT2D eigenvalue weighted by molar-refractivity contribution is 6.07. The third-order valence-corrected chi connectivity index (χ3v) is 3.79. The Morgan fingerprint density at radius 2 is 1.68 bits per heavy atom. The summed E-state index contributed by atoms with van der Waals surface area (Å²) < 4.78 is 0. The number of hydrogen-bond acceptors (Lipinski definition) is 3. The van der Waals surface area contributed by atoms with E-state index in [1.54, 1.807) is 31.2 Å². The van der Waals surface area contributed by atoms with Gasteiger partial charge in [-0.2, -0.15) is 0 Å². The van der Waals surface area contributed by atoms with Crippen molar-refractivity contribution in [3.05, 3.63) is 65.4 Å². The summed E-state index contributed by atoms with van der Waals surface area (Å²) in [7, 11) is 0. The molecule has 0 unspecified atom stereocenters. The molecule has 0 saturated heterocycles. The number of carbonyl (C=O) groups excluding carboxylic acids is 2. The molecule has 0 atom stereocenters. The molecule has 3 amide bonds. The van der Waals surface area contributed by atoms with Gasteiger partial charge in [0.15, 0.2) is 0 Å². The monoisotopic (exact) mass is 334 g/mol. The maximum Gasteiger partial charge on any atom is 0.316 e. The van der Waals surface area contributed by atoms with Gasteiger partial charge in [0.05, 0.1) is 16.8 Å². The summed E-state index contributed by atoms with van der Waals surface area (Å²) >= 11 is 0. The molecular formula is C19H18N4O2. The fourth-order valence-electron chi connectivity index (χ4n) is 2.64. The number of primary amides is 1. The van der Waals surface area contributed by atoms with Crippen LogP contribution in [-0.2, 0) is 0 Å². The number of carbonyl (C=O) groups is 2. The highest BCUT2D eigenvalue weighted by Crippen LogP contribution is 2.20. The van der Waals surface area contributed by atoms with Crippen LogP contribution in [0, 0.1) is 13.8 Å². The minimum Gasteiger partial charge on any atom is -0.351 e. The molecule has 0 spiro atoms. The lowest BCUT2D eigenvalue weighted by Gasteiger charge is -2.10. The Kier molecular flexibility index (Phi) is 4.35. The van der Waals surface area contributed by atoms with Crippen molar-refractivity contribution in [1.29, 1.82) is 0 Å². The van der Waals surface area contributed by atoms with E-state index >= 15 is 0 Å². The van der Waals surface area contributed by atoms with Gasteiger partial charge < -0.3 is 16.4 Å². The lowest BCUT2D eigenvalue weighted by Crippen LogP contribution is -2.19. The Labute approximate surface area is 145 Å². The van der Waals surface area contributed by atoms with Gasteiger partial charge in [0.2, 0.25) is 0 Å². The molecule has 1 heterocycles. The van der Waals surface area contributed by atoms with Crippen molar-refractivity contribution in [2.24, 2.45) is 5.73 Å². The van der Waals surface area contributed by atoms with Gasteiger partial charge >= 0.3 is 6.03 Å². The number of aryl methyl sites for hydroxylation is 2. The first kappa shape index (κ1) is 16.4. The van der Waals surface area contributed by atoms with E-state index in [1.807, 2.05) is 31.2 Å². The van der Waals surface area contributed by atoms with Crippen molar-refractivity contribution in [3.63, 3.8) is 0 Å². The fraction of sp³-hybridized carbons (Fsp3) is 0.105. The van der Waals surface area contributed by atoms with Crippen LogP contribution < -0.4 is 16.4 Å². The maximum atomic E-state index is 12.6. The van der Waals surface area contributed by atoms with E-state index in [9.17, 15) is 9.59 Å². The SMILES string of the molecule is Cc1ccc2nc(C)c(C(=O)Nc3cccc(NC(N)=O)c3)cc2c1. The molecular weight excluding hydrogens is 316 g/mol. The second kappa shape index (κ2) is 6.60. The van der Waals surface area contributed by atoms with Gasteiger partial charge in [-0.05, 0) is 50.2 Å². The predicted molar refractivity (Wildman–Crippen MR) is 98.8 cm³/mol. The highest BCUT2D eigenvalue weighted by atomic mass is 16.2. The van der Waals surface area contributed by atoms with E-state index in [-0.39, 0.29) is 5.91 Å². The van der Waals surface area contributed by atoms with Crippen molar-refractivity contribution >= 4 is 34.2 Å². The number of urea groups is 1. The van der Waals surface area contributed by atoms with Crippen LogP contribution in [0.5, 0.6) is 0 Å². The normalized spacial score (nSPS) is 10.5. The maximum absolute atomic E-state index is 12.6. The zero-order valence-corrected chi connectivity index (χ0v) is 14.0. The molecule has 1 aromatic heterocycles. The Bertz CT molecular complexity index is 982. The topological polar surface area (TPSA) is 97.1 Å². The van der Waals surface area contributed by atoms with Crippen molar-refractivity contribution < 1.29 is 9.59 Å². The summed E-state index contributed by atoms with van der Waals surface area (Å²) in [5.74, 6) is -0.260. The second-order valence-electron chi connectivity index (χ2n) is 5.84. The molecule has 0 aliphatic carbocycles. The Balaban J connectivity index is 1.89. The van der Waals surface area contributed by atoms with Gasteiger partial charge in [-0.1, -0.05) is 17.7 Å². The van der Waals surface area contributed by atoms with Crippen LogP contribution in [-0.4, -0.2) is 16.9 Å². The molecule has 6 heteroatoms. The fourth-order valence-corrected chi connectivity index (χ4v) is 2.64. The number of anilines is 2. The minimum atomic E-state index is -0.659. The van der Waals surface area contributed by atoms with Crippen molar-refractivity contribution in [2.75, 3.05) is 10.6 Å². The predicted octanol–water partition coefficient (Wildman–Crippen LogP) is 3.59. The standard InChI is InChI=1S/C19H18N4O2/c1-11-6-7-17-13(8-11)9-16(12(2)21-17)18(24)22-14-4-3-5-15(10-14)23-19(20)25/h3-10H,1-2H3,(H,22,24)(H3,20,23,25).